The molecule has 0 atom stereocenters. The van der Waals surface area contributed by atoms with Gasteiger partial charge in [-0.2, -0.15) is 5.10 Å². The standard InChI is InChI=1S/C23H33N5O3/c1-16-13-17(2)28(25-16)20-8-7-19(14-24-20)21(29)27-11-9-18(10-12-27)15-26(6)22(30)31-23(3,4)5/h7-8,13-14,18H,9-12,15H2,1-6H3. The van der Waals surface area contributed by atoms with Crippen molar-refractivity contribution in [3.05, 3.63) is 41.3 Å². The van der Waals surface area contributed by atoms with E-state index in [1.807, 2.05) is 57.7 Å². The van der Waals surface area contributed by atoms with Gasteiger partial charge in [-0.25, -0.2) is 14.5 Å². The smallest absolute Gasteiger partial charge is 0.410 e. The average Bonchev–Trinajstić information content (AvgIpc) is 3.05. The Balaban J connectivity index is 1.53. The Morgan fingerprint density at radius 2 is 1.87 bits per heavy atom. The highest BCUT2D eigenvalue weighted by Crippen LogP contribution is 2.21. The predicted molar refractivity (Wildman–Crippen MR) is 118 cm³/mol. The molecule has 1 aliphatic heterocycles. The van der Waals surface area contributed by atoms with Gasteiger partial charge in [-0.1, -0.05) is 0 Å². The SMILES string of the molecule is Cc1cc(C)n(-c2ccc(C(=O)N3CCC(CN(C)C(=O)OC(C)(C)C)CC3)cn2)n1. The molecule has 168 valence electrons. The van der Waals surface area contributed by atoms with Gasteiger partial charge in [-0.3, -0.25) is 4.79 Å². The first-order valence-electron chi connectivity index (χ1n) is 10.8. The second-order valence-electron chi connectivity index (χ2n) is 9.34. The molecule has 0 bridgehead atoms. The van der Waals surface area contributed by atoms with Crippen molar-refractivity contribution in [1.82, 2.24) is 24.6 Å². The third kappa shape index (κ3) is 5.83. The molecule has 2 amide bonds. The van der Waals surface area contributed by atoms with Crippen molar-refractivity contribution >= 4 is 12.0 Å². The minimum Gasteiger partial charge on any atom is -0.444 e. The molecule has 0 N–H and O–H groups in total. The zero-order valence-electron chi connectivity index (χ0n) is 19.4. The number of pyridine rings is 1. The zero-order chi connectivity index (χ0) is 22.8. The number of rotatable bonds is 4. The van der Waals surface area contributed by atoms with E-state index in [2.05, 4.69) is 10.1 Å². The minimum absolute atomic E-state index is 0.00800. The van der Waals surface area contributed by atoms with E-state index in [1.165, 1.54) is 0 Å². The third-order valence-electron chi connectivity index (χ3n) is 5.36. The summed E-state index contributed by atoms with van der Waals surface area (Å²) in [6.07, 6.45) is 3.03. The van der Waals surface area contributed by atoms with Crippen LogP contribution in [0, 0.1) is 19.8 Å². The van der Waals surface area contributed by atoms with Crippen molar-refractivity contribution in [2.24, 2.45) is 5.92 Å². The van der Waals surface area contributed by atoms with E-state index in [-0.39, 0.29) is 12.0 Å². The maximum Gasteiger partial charge on any atom is 0.410 e. The van der Waals surface area contributed by atoms with Crippen molar-refractivity contribution in [2.75, 3.05) is 26.7 Å². The van der Waals surface area contributed by atoms with Crippen molar-refractivity contribution < 1.29 is 14.3 Å². The van der Waals surface area contributed by atoms with Gasteiger partial charge < -0.3 is 14.5 Å². The number of hydrogen-bond donors (Lipinski definition) is 0. The van der Waals surface area contributed by atoms with Gasteiger partial charge in [-0.05, 0) is 71.6 Å². The summed E-state index contributed by atoms with van der Waals surface area (Å²) in [6, 6.07) is 5.63. The topological polar surface area (TPSA) is 80.6 Å². The molecule has 0 unspecified atom stereocenters. The Labute approximate surface area is 184 Å². The van der Waals surface area contributed by atoms with Crippen LogP contribution in [0.25, 0.3) is 5.82 Å². The fraction of sp³-hybridized carbons (Fsp3) is 0.565. The number of amides is 2. The van der Waals surface area contributed by atoms with Gasteiger partial charge in [0.2, 0.25) is 0 Å². The molecule has 8 nitrogen and oxygen atoms in total. The first kappa shape index (κ1) is 22.8. The molecule has 0 spiro atoms. The lowest BCUT2D eigenvalue weighted by atomic mass is 9.96. The molecule has 0 aliphatic carbocycles. The lowest BCUT2D eigenvalue weighted by molar-refractivity contribution is 0.0246. The van der Waals surface area contributed by atoms with Gasteiger partial charge in [0.1, 0.15) is 5.60 Å². The number of carbonyl (C=O) groups excluding carboxylic acids is 2. The largest absolute Gasteiger partial charge is 0.444 e. The van der Waals surface area contributed by atoms with Crippen LogP contribution in [0.5, 0.6) is 0 Å². The fourth-order valence-electron chi connectivity index (χ4n) is 3.80. The molecule has 8 heteroatoms. The van der Waals surface area contributed by atoms with Crippen LogP contribution in [0.2, 0.25) is 0 Å². The quantitative estimate of drug-likeness (QED) is 0.745. The van der Waals surface area contributed by atoms with E-state index < -0.39 is 5.60 Å². The normalized spacial score (nSPS) is 15.1. The lowest BCUT2D eigenvalue weighted by Gasteiger charge is -2.34. The number of ether oxygens (including phenoxy) is 1. The highest BCUT2D eigenvalue weighted by atomic mass is 16.6. The Morgan fingerprint density at radius 1 is 1.19 bits per heavy atom. The van der Waals surface area contributed by atoms with Crippen LogP contribution < -0.4 is 0 Å². The Bertz CT molecular complexity index is 922. The summed E-state index contributed by atoms with van der Waals surface area (Å²) in [4.78, 5) is 33.0. The monoisotopic (exact) mass is 427 g/mol. The molecule has 2 aromatic rings. The minimum atomic E-state index is -0.500. The van der Waals surface area contributed by atoms with Crippen LogP contribution in [-0.2, 0) is 4.74 Å². The van der Waals surface area contributed by atoms with E-state index in [0.717, 1.165) is 24.2 Å². The highest BCUT2D eigenvalue weighted by Gasteiger charge is 2.27. The van der Waals surface area contributed by atoms with Crippen LogP contribution in [0.15, 0.2) is 24.4 Å². The molecule has 3 heterocycles. The van der Waals surface area contributed by atoms with Gasteiger partial charge in [0.15, 0.2) is 5.82 Å². The number of piperidine rings is 1. The molecule has 3 rings (SSSR count). The molecule has 0 aromatic carbocycles. The summed E-state index contributed by atoms with van der Waals surface area (Å²) in [5.41, 5.74) is 2.01. The fourth-order valence-corrected chi connectivity index (χ4v) is 3.80. The lowest BCUT2D eigenvalue weighted by Crippen LogP contribution is -2.43. The summed E-state index contributed by atoms with van der Waals surface area (Å²) in [7, 11) is 1.77. The number of hydrogen-bond acceptors (Lipinski definition) is 5. The molecule has 2 aromatic heterocycles. The Hall–Kier alpha value is -2.90. The summed E-state index contributed by atoms with van der Waals surface area (Å²) in [6.45, 7) is 11.5. The average molecular weight is 428 g/mol. The van der Waals surface area contributed by atoms with Gasteiger partial charge in [0, 0.05) is 38.6 Å². The van der Waals surface area contributed by atoms with Crippen molar-refractivity contribution in [2.45, 2.75) is 53.1 Å². The predicted octanol–water partition coefficient (Wildman–Crippen LogP) is 3.60. The molecule has 1 fully saturated rings. The van der Waals surface area contributed by atoms with Crippen LogP contribution >= 0.6 is 0 Å². The van der Waals surface area contributed by atoms with Gasteiger partial charge in [-0.15, -0.1) is 0 Å². The van der Waals surface area contributed by atoms with Crippen molar-refractivity contribution in [3.8, 4) is 5.82 Å². The first-order chi connectivity index (χ1) is 14.5. The van der Waals surface area contributed by atoms with E-state index in [0.29, 0.717) is 36.9 Å². The number of nitrogens with zero attached hydrogens (tertiary/aromatic N) is 5. The van der Waals surface area contributed by atoms with E-state index in [4.69, 9.17) is 4.74 Å². The first-order valence-corrected chi connectivity index (χ1v) is 10.8. The second-order valence-corrected chi connectivity index (χ2v) is 9.34. The van der Waals surface area contributed by atoms with Crippen LogP contribution in [0.4, 0.5) is 4.79 Å². The zero-order valence-corrected chi connectivity index (χ0v) is 19.4. The van der Waals surface area contributed by atoms with E-state index in [1.54, 1.807) is 22.8 Å². The summed E-state index contributed by atoms with van der Waals surface area (Å²) < 4.78 is 7.19. The maximum absolute atomic E-state index is 12.9. The molecular formula is C23H33N5O3. The van der Waals surface area contributed by atoms with Crippen molar-refractivity contribution in [3.63, 3.8) is 0 Å². The highest BCUT2D eigenvalue weighted by molar-refractivity contribution is 5.94. The summed E-state index contributed by atoms with van der Waals surface area (Å²) in [5, 5.41) is 4.43. The summed E-state index contributed by atoms with van der Waals surface area (Å²) in [5.74, 6) is 1.05. The Morgan fingerprint density at radius 3 is 2.39 bits per heavy atom. The maximum atomic E-state index is 12.9. The van der Waals surface area contributed by atoms with Gasteiger partial charge in [0.25, 0.3) is 5.91 Å². The Kier molecular flexibility index (Phi) is 6.67. The van der Waals surface area contributed by atoms with E-state index in [9.17, 15) is 9.59 Å². The van der Waals surface area contributed by atoms with E-state index >= 15 is 0 Å². The second kappa shape index (κ2) is 9.08. The third-order valence-corrected chi connectivity index (χ3v) is 5.36. The number of carbonyl (C=O) groups is 2. The number of likely N-dealkylation sites (tertiary alicyclic amines) is 1. The molecule has 1 saturated heterocycles. The number of aromatic nitrogens is 3. The van der Waals surface area contributed by atoms with Crippen LogP contribution in [-0.4, -0.2) is 68.8 Å². The summed E-state index contributed by atoms with van der Waals surface area (Å²) >= 11 is 0. The van der Waals surface area contributed by atoms with Gasteiger partial charge >= 0.3 is 6.09 Å². The molecule has 0 radical (unpaired) electrons. The number of aryl methyl sites for hydroxylation is 2. The molecular weight excluding hydrogens is 394 g/mol. The molecule has 0 saturated carbocycles. The van der Waals surface area contributed by atoms with Crippen LogP contribution in [0.1, 0.15) is 55.4 Å². The van der Waals surface area contributed by atoms with Gasteiger partial charge in [0.05, 0.1) is 11.3 Å². The molecule has 1 aliphatic rings. The van der Waals surface area contributed by atoms with Crippen LogP contribution in [0.3, 0.4) is 0 Å². The van der Waals surface area contributed by atoms with Crippen molar-refractivity contribution in [1.29, 1.82) is 0 Å². The molecule has 31 heavy (non-hydrogen) atoms.